The molecule has 0 aliphatic carbocycles. The van der Waals surface area contributed by atoms with E-state index in [0.717, 1.165) is 6.07 Å². The van der Waals surface area contributed by atoms with Gasteiger partial charge in [-0.1, -0.05) is 26.8 Å². The van der Waals surface area contributed by atoms with Gasteiger partial charge in [-0.25, -0.2) is 4.79 Å². The molecule has 0 heterocycles. The minimum Gasteiger partial charge on any atom is -0.480 e. The Hall–Kier alpha value is -2.44. The van der Waals surface area contributed by atoms with Gasteiger partial charge in [-0.2, -0.15) is 0 Å². The van der Waals surface area contributed by atoms with Crippen molar-refractivity contribution in [3.8, 4) is 0 Å². The monoisotopic (exact) mass is 294 g/mol. The summed E-state index contributed by atoms with van der Waals surface area (Å²) >= 11 is 0. The van der Waals surface area contributed by atoms with E-state index in [1.807, 2.05) is 0 Å². The molecule has 0 saturated heterocycles. The van der Waals surface area contributed by atoms with Crippen LogP contribution in [-0.4, -0.2) is 27.9 Å². The van der Waals surface area contributed by atoms with Crippen molar-refractivity contribution in [3.63, 3.8) is 0 Å². The van der Waals surface area contributed by atoms with Gasteiger partial charge in [-0.05, 0) is 17.9 Å². The van der Waals surface area contributed by atoms with E-state index in [-0.39, 0.29) is 11.3 Å². The summed E-state index contributed by atoms with van der Waals surface area (Å²) in [5, 5.41) is 22.4. The maximum absolute atomic E-state index is 12.2. The molecule has 0 fully saturated rings. The van der Waals surface area contributed by atoms with Crippen LogP contribution in [0.25, 0.3) is 0 Å². The van der Waals surface area contributed by atoms with Gasteiger partial charge in [0, 0.05) is 17.7 Å². The third kappa shape index (κ3) is 4.01. The van der Waals surface area contributed by atoms with Gasteiger partial charge in [-0.15, -0.1) is 0 Å². The fourth-order valence-corrected chi connectivity index (χ4v) is 1.83. The second-order valence-electron chi connectivity index (χ2n) is 5.87. The van der Waals surface area contributed by atoms with Crippen LogP contribution in [0.2, 0.25) is 0 Å². The summed E-state index contributed by atoms with van der Waals surface area (Å²) in [6.45, 7) is 6.69. The predicted octanol–water partition coefficient (Wildman–Crippen LogP) is 2.13. The van der Waals surface area contributed by atoms with E-state index in [1.165, 1.54) is 12.1 Å². The van der Waals surface area contributed by atoms with E-state index in [1.54, 1.807) is 27.7 Å². The molecule has 0 aromatic heterocycles. The minimum absolute atomic E-state index is 0.0969. The molecular formula is C14H18N2O5. The number of non-ortho nitro benzene ring substituents is 1. The number of nitro benzene ring substituents is 1. The van der Waals surface area contributed by atoms with Crippen LogP contribution in [0.3, 0.4) is 0 Å². The van der Waals surface area contributed by atoms with E-state index in [4.69, 9.17) is 0 Å². The molecule has 0 radical (unpaired) electrons. The maximum atomic E-state index is 12.2. The van der Waals surface area contributed by atoms with Crippen LogP contribution in [0, 0.1) is 22.5 Å². The van der Waals surface area contributed by atoms with Gasteiger partial charge in [0.1, 0.15) is 6.04 Å². The highest BCUT2D eigenvalue weighted by Crippen LogP contribution is 2.22. The van der Waals surface area contributed by atoms with Crippen LogP contribution in [0.4, 0.5) is 5.69 Å². The molecule has 0 aliphatic heterocycles. The van der Waals surface area contributed by atoms with E-state index < -0.39 is 28.3 Å². The largest absolute Gasteiger partial charge is 0.480 e. The van der Waals surface area contributed by atoms with Crippen molar-refractivity contribution in [2.75, 3.05) is 0 Å². The van der Waals surface area contributed by atoms with Crippen molar-refractivity contribution in [2.24, 2.45) is 5.41 Å². The summed E-state index contributed by atoms with van der Waals surface area (Å²) in [6.07, 6.45) is 0. The molecule has 114 valence electrons. The van der Waals surface area contributed by atoms with Crippen LogP contribution >= 0.6 is 0 Å². The van der Waals surface area contributed by atoms with Gasteiger partial charge < -0.3 is 10.4 Å². The number of nitrogens with one attached hydrogen (secondary N) is 1. The lowest BCUT2D eigenvalue weighted by Gasteiger charge is -2.27. The Balaban J connectivity index is 3.11. The molecule has 0 spiro atoms. The number of carbonyl (C=O) groups is 2. The molecule has 1 amide bonds. The number of carboxylic acid groups (broad SMARTS) is 1. The average Bonchev–Trinajstić information content (AvgIpc) is 2.33. The highest BCUT2D eigenvalue weighted by molar-refractivity contribution is 5.98. The molecule has 1 rings (SSSR count). The van der Waals surface area contributed by atoms with Crippen molar-refractivity contribution in [3.05, 3.63) is 39.4 Å². The Morgan fingerprint density at radius 3 is 2.33 bits per heavy atom. The zero-order valence-corrected chi connectivity index (χ0v) is 12.3. The molecule has 7 nitrogen and oxygen atoms in total. The number of carbonyl (C=O) groups excluding carboxylic acids is 1. The number of aryl methyl sites for hydroxylation is 1. The third-order valence-electron chi connectivity index (χ3n) is 3.07. The van der Waals surface area contributed by atoms with E-state index in [9.17, 15) is 24.8 Å². The smallest absolute Gasteiger partial charge is 0.326 e. The number of hydrogen-bond acceptors (Lipinski definition) is 4. The molecule has 21 heavy (non-hydrogen) atoms. The molecule has 1 aromatic carbocycles. The van der Waals surface area contributed by atoms with Gasteiger partial charge in [0.05, 0.1) is 4.92 Å². The predicted molar refractivity (Wildman–Crippen MR) is 76.2 cm³/mol. The van der Waals surface area contributed by atoms with E-state index >= 15 is 0 Å². The quantitative estimate of drug-likeness (QED) is 0.653. The number of hydrogen-bond donors (Lipinski definition) is 2. The topological polar surface area (TPSA) is 110 Å². The van der Waals surface area contributed by atoms with Crippen LogP contribution in [0.5, 0.6) is 0 Å². The van der Waals surface area contributed by atoms with Crippen LogP contribution < -0.4 is 5.32 Å². The summed E-state index contributed by atoms with van der Waals surface area (Å²) in [5.41, 5.74) is -0.264. The summed E-state index contributed by atoms with van der Waals surface area (Å²) in [4.78, 5) is 33.6. The first-order valence-corrected chi connectivity index (χ1v) is 6.32. The average molecular weight is 294 g/mol. The molecule has 0 saturated carbocycles. The van der Waals surface area contributed by atoms with Crippen molar-refractivity contribution < 1.29 is 19.6 Å². The summed E-state index contributed by atoms with van der Waals surface area (Å²) in [5.74, 6) is -1.79. The van der Waals surface area contributed by atoms with Crippen LogP contribution in [0.1, 0.15) is 36.7 Å². The number of nitro groups is 1. The third-order valence-corrected chi connectivity index (χ3v) is 3.07. The first kappa shape index (κ1) is 16.6. The first-order valence-electron chi connectivity index (χ1n) is 6.32. The number of aliphatic carboxylic acids is 1. The first-order chi connectivity index (χ1) is 9.54. The Morgan fingerprint density at radius 1 is 1.33 bits per heavy atom. The second kappa shape index (κ2) is 5.90. The van der Waals surface area contributed by atoms with Crippen molar-refractivity contribution >= 4 is 17.6 Å². The molecule has 1 atom stereocenters. The molecule has 7 heteroatoms. The maximum Gasteiger partial charge on any atom is 0.326 e. The van der Waals surface area contributed by atoms with Gasteiger partial charge in [0.2, 0.25) is 0 Å². The second-order valence-corrected chi connectivity index (χ2v) is 5.87. The Labute approximate surface area is 122 Å². The molecule has 2 N–H and O–H groups in total. The van der Waals surface area contributed by atoms with Gasteiger partial charge >= 0.3 is 5.97 Å². The number of amides is 1. The number of rotatable bonds is 4. The molecule has 1 aromatic rings. The zero-order chi connectivity index (χ0) is 16.4. The number of carboxylic acids is 1. The molecule has 1 unspecified atom stereocenters. The standard InChI is InChI=1S/C14H18N2O5/c1-8-5-6-9(16(20)21)7-10(8)12(17)15-11(13(18)19)14(2,3)4/h5-7,11H,1-4H3,(H,15,17)(H,18,19). The minimum atomic E-state index is -1.15. The zero-order valence-electron chi connectivity index (χ0n) is 12.3. The van der Waals surface area contributed by atoms with E-state index in [2.05, 4.69) is 5.32 Å². The van der Waals surface area contributed by atoms with Crippen molar-refractivity contribution in [2.45, 2.75) is 33.7 Å². The lowest BCUT2D eigenvalue weighted by Crippen LogP contribution is -2.49. The molecular weight excluding hydrogens is 276 g/mol. The molecule has 0 aliphatic rings. The fraction of sp³-hybridized carbons (Fsp3) is 0.429. The Bertz CT molecular complexity index is 590. The normalized spacial score (nSPS) is 12.6. The Morgan fingerprint density at radius 2 is 1.90 bits per heavy atom. The highest BCUT2D eigenvalue weighted by Gasteiger charge is 2.33. The van der Waals surface area contributed by atoms with Crippen molar-refractivity contribution in [1.29, 1.82) is 0 Å². The number of nitrogens with zero attached hydrogens (tertiary/aromatic N) is 1. The summed E-state index contributed by atoms with van der Waals surface area (Å²) in [6, 6.07) is 2.81. The lowest BCUT2D eigenvalue weighted by atomic mass is 9.86. The summed E-state index contributed by atoms with van der Waals surface area (Å²) < 4.78 is 0. The number of benzene rings is 1. The van der Waals surface area contributed by atoms with Crippen molar-refractivity contribution in [1.82, 2.24) is 5.32 Å². The SMILES string of the molecule is Cc1ccc([N+](=O)[O-])cc1C(=O)NC(C(=O)O)C(C)(C)C. The highest BCUT2D eigenvalue weighted by atomic mass is 16.6. The van der Waals surface area contributed by atoms with Crippen LogP contribution in [-0.2, 0) is 4.79 Å². The van der Waals surface area contributed by atoms with Gasteiger partial charge in [0.25, 0.3) is 11.6 Å². The van der Waals surface area contributed by atoms with Gasteiger partial charge in [-0.3, -0.25) is 14.9 Å². The van der Waals surface area contributed by atoms with E-state index in [0.29, 0.717) is 5.56 Å². The molecule has 0 bridgehead atoms. The Kier molecular flexibility index (Phi) is 4.67. The lowest BCUT2D eigenvalue weighted by molar-refractivity contribution is -0.384. The summed E-state index contributed by atoms with van der Waals surface area (Å²) in [7, 11) is 0. The van der Waals surface area contributed by atoms with Crippen LogP contribution in [0.15, 0.2) is 18.2 Å². The fourth-order valence-electron chi connectivity index (χ4n) is 1.83. The van der Waals surface area contributed by atoms with Gasteiger partial charge in [0.15, 0.2) is 0 Å².